The van der Waals surface area contributed by atoms with Crippen LogP contribution in [-0.4, -0.2) is 39.4 Å². The van der Waals surface area contributed by atoms with Crippen molar-refractivity contribution in [1.29, 1.82) is 0 Å². The van der Waals surface area contributed by atoms with Gasteiger partial charge in [0.1, 0.15) is 5.82 Å². The molecule has 3 rings (SSSR count). The Balaban J connectivity index is 1.99. The number of nitrogens with zero attached hydrogens (tertiary/aromatic N) is 5. The topological polar surface area (TPSA) is 72.3 Å². The lowest BCUT2D eigenvalue weighted by molar-refractivity contribution is -0.146. The fourth-order valence-electron chi connectivity index (χ4n) is 2.46. The first kappa shape index (κ1) is 14.1. The SMILES string of the molecule is CN(c1ccc2nnc(C(F)(F)F)n2n1)C(CN)C1CC1. The molecular formula is C12H15F3N6. The third-order valence-electron chi connectivity index (χ3n) is 3.77. The molecule has 0 aromatic carbocycles. The average molecular weight is 300 g/mol. The molecule has 1 aliphatic rings. The van der Waals surface area contributed by atoms with E-state index in [-0.39, 0.29) is 11.7 Å². The highest BCUT2D eigenvalue weighted by atomic mass is 19.4. The largest absolute Gasteiger partial charge is 0.453 e. The van der Waals surface area contributed by atoms with Crippen LogP contribution in [0.1, 0.15) is 18.7 Å². The van der Waals surface area contributed by atoms with Gasteiger partial charge in [-0.15, -0.1) is 15.3 Å². The number of likely N-dealkylation sites (N-methyl/N-ethyl adjacent to an activating group) is 1. The fraction of sp³-hybridized carbons (Fsp3) is 0.583. The number of rotatable bonds is 4. The van der Waals surface area contributed by atoms with Crippen LogP contribution in [0.15, 0.2) is 12.1 Å². The second kappa shape index (κ2) is 4.83. The van der Waals surface area contributed by atoms with Crippen molar-refractivity contribution in [1.82, 2.24) is 19.8 Å². The number of hydrogen-bond acceptors (Lipinski definition) is 5. The maximum atomic E-state index is 12.8. The summed E-state index contributed by atoms with van der Waals surface area (Å²) >= 11 is 0. The molecule has 1 saturated carbocycles. The molecule has 0 saturated heterocycles. The zero-order chi connectivity index (χ0) is 15.2. The summed E-state index contributed by atoms with van der Waals surface area (Å²) in [5.74, 6) is -0.209. The van der Waals surface area contributed by atoms with Crippen molar-refractivity contribution >= 4 is 11.5 Å². The highest BCUT2D eigenvalue weighted by Crippen LogP contribution is 2.36. The van der Waals surface area contributed by atoms with Gasteiger partial charge in [-0.3, -0.25) is 0 Å². The van der Waals surface area contributed by atoms with Crippen LogP contribution in [0.25, 0.3) is 5.65 Å². The Morgan fingerprint density at radius 1 is 1.38 bits per heavy atom. The van der Waals surface area contributed by atoms with Crippen molar-refractivity contribution in [3.63, 3.8) is 0 Å². The predicted molar refractivity (Wildman–Crippen MR) is 69.8 cm³/mol. The minimum Gasteiger partial charge on any atom is -0.354 e. The Hall–Kier alpha value is -1.90. The van der Waals surface area contributed by atoms with Crippen molar-refractivity contribution in [2.75, 3.05) is 18.5 Å². The summed E-state index contributed by atoms with van der Waals surface area (Å²) in [7, 11) is 1.79. The lowest BCUT2D eigenvalue weighted by Gasteiger charge is -2.27. The van der Waals surface area contributed by atoms with Gasteiger partial charge in [0.15, 0.2) is 5.65 Å². The minimum atomic E-state index is -4.59. The van der Waals surface area contributed by atoms with Crippen molar-refractivity contribution in [3.8, 4) is 0 Å². The summed E-state index contributed by atoms with van der Waals surface area (Å²) in [6, 6.07) is 3.19. The molecule has 0 radical (unpaired) electrons. The van der Waals surface area contributed by atoms with E-state index >= 15 is 0 Å². The van der Waals surface area contributed by atoms with Gasteiger partial charge in [-0.05, 0) is 30.9 Å². The molecule has 2 aromatic rings. The third-order valence-corrected chi connectivity index (χ3v) is 3.77. The van der Waals surface area contributed by atoms with E-state index in [2.05, 4.69) is 15.3 Å². The van der Waals surface area contributed by atoms with Gasteiger partial charge >= 0.3 is 6.18 Å². The van der Waals surface area contributed by atoms with Crippen LogP contribution < -0.4 is 10.6 Å². The molecule has 2 N–H and O–H groups in total. The smallest absolute Gasteiger partial charge is 0.354 e. The number of aromatic nitrogens is 4. The monoisotopic (exact) mass is 300 g/mol. The highest BCUT2D eigenvalue weighted by molar-refractivity contribution is 5.46. The van der Waals surface area contributed by atoms with Crippen LogP contribution in [-0.2, 0) is 6.18 Å². The number of hydrogen-bond donors (Lipinski definition) is 1. The Bertz CT molecular complexity index is 648. The Morgan fingerprint density at radius 2 is 2.10 bits per heavy atom. The number of nitrogens with two attached hydrogens (primary N) is 1. The summed E-state index contributed by atoms with van der Waals surface area (Å²) in [5.41, 5.74) is 5.83. The van der Waals surface area contributed by atoms with Crippen LogP contribution in [0.4, 0.5) is 19.0 Å². The lowest BCUT2D eigenvalue weighted by Crippen LogP contribution is -2.40. The molecule has 2 heterocycles. The first-order valence-electron chi connectivity index (χ1n) is 6.64. The molecule has 0 spiro atoms. The van der Waals surface area contributed by atoms with E-state index in [9.17, 15) is 13.2 Å². The van der Waals surface area contributed by atoms with E-state index in [1.807, 2.05) is 4.90 Å². The second-order valence-electron chi connectivity index (χ2n) is 5.23. The van der Waals surface area contributed by atoms with Gasteiger partial charge in [0, 0.05) is 19.6 Å². The summed E-state index contributed by atoms with van der Waals surface area (Å²) in [6.07, 6.45) is -2.41. The molecule has 1 atom stereocenters. The van der Waals surface area contributed by atoms with E-state index in [0.29, 0.717) is 18.3 Å². The maximum Gasteiger partial charge on any atom is 0.453 e. The molecule has 6 nitrogen and oxygen atoms in total. The molecule has 21 heavy (non-hydrogen) atoms. The summed E-state index contributed by atoms with van der Waals surface area (Å²) in [6.45, 7) is 0.440. The molecule has 0 aliphatic heterocycles. The van der Waals surface area contributed by atoms with Gasteiger partial charge < -0.3 is 10.6 Å². The summed E-state index contributed by atoms with van der Waals surface area (Å²) in [4.78, 5) is 1.83. The predicted octanol–water partition coefficient (Wildman–Crippen LogP) is 1.32. The van der Waals surface area contributed by atoms with Gasteiger partial charge in [-0.1, -0.05) is 0 Å². The van der Waals surface area contributed by atoms with E-state index in [4.69, 9.17) is 5.73 Å². The van der Waals surface area contributed by atoms with Gasteiger partial charge in [0.05, 0.1) is 0 Å². The molecule has 0 amide bonds. The zero-order valence-corrected chi connectivity index (χ0v) is 11.4. The van der Waals surface area contributed by atoms with Crippen LogP contribution >= 0.6 is 0 Å². The fourth-order valence-corrected chi connectivity index (χ4v) is 2.46. The van der Waals surface area contributed by atoms with Crippen molar-refractivity contribution in [2.24, 2.45) is 11.7 Å². The number of fused-ring (bicyclic) bond motifs is 1. The standard InChI is InChI=1S/C12H15F3N6/c1-20(8(6-16)7-2-3-7)10-5-4-9-17-18-11(12(13,14)15)21(9)19-10/h4-5,7-8H,2-3,6,16H2,1H3. The third kappa shape index (κ3) is 2.53. The molecular weight excluding hydrogens is 285 g/mol. The summed E-state index contributed by atoms with van der Waals surface area (Å²) in [5, 5.41) is 10.7. The van der Waals surface area contributed by atoms with Crippen LogP contribution in [0.5, 0.6) is 0 Å². The molecule has 1 fully saturated rings. The average Bonchev–Trinajstić information content (AvgIpc) is 3.16. The Morgan fingerprint density at radius 3 is 2.67 bits per heavy atom. The zero-order valence-electron chi connectivity index (χ0n) is 11.4. The quantitative estimate of drug-likeness (QED) is 0.922. The first-order chi connectivity index (χ1) is 9.91. The molecule has 1 unspecified atom stereocenters. The minimum absolute atomic E-state index is 0.0650. The van der Waals surface area contributed by atoms with Gasteiger partial charge in [-0.2, -0.15) is 17.7 Å². The number of anilines is 1. The molecule has 0 bridgehead atoms. The first-order valence-corrected chi connectivity index (χ1v) is 6.64. The van der Waals surface area contributed by atoms with E-state index < -0.39 is 12.0 Å². The Kier molecular flexibility index (Phi) is 3.23. The van der Waals surface area contributed by atoms with Crippen molar-refractivity contribution in [2.45, 2.75) is 25.1 Å². The molecule has 1 aliphatic carbocycles. The van der Waals surface area contributed by atoms with Crippen LogP contribution in [0, 0.1) is 5.92 Å². The second-order valence-corrected chi connectivity index (χ2v) is 5.23. The van der Waals surface area contributed by atoms with Crippen LogP contribution in [0.3, 0.4) is 0 Å². The van der Waals surface area contributed by atoms with E-state index in [1.165, 1.54) is 6.07 Å². The number of alkyl halides is 3. The maximum absolute atomic E-state index is 12.8. The number of halogens is 3. The molecule has 9 heteroatoms. The molecule has 2 aromatic heterocycles. The van der Waals surface area contributed by atoms with E-state index in [0.717, 1.165) is 17.4 Å². The van der Waals surface area contributed by atoms with Gasteiger partial charge in [0.25, 0.3) is 5.82 Å². The summed E-state index contributed by atoms with van der Waals surface area (Å²) < 4.78 is 39.3. The normalized spacial score (nSPS) is 17.2. The van der Waals surface area contributed by atoms with Crippen molar-refractivity contribution < 1.29 is 13.2 Å². The van der Waals surface area contributed by atoms with Crippen LogP contribution in [0.2, 0.25) is 0 Å². The molecule has 114 valence electrons. The highest BCUT2D eigenvalue weighted by Gasteiger charge is 2.38. The van der Waals surface area contributed by atoms with E-state index in [1.54, 1.807) is 13.1 Å². The van der Waals surface area contributed by atoms with Gasteiger partial charge in [-0.25, -0.2) is 0 Å². The Labute approximate surface area is 118 Å². The lowest BCUT2D eigenvalue weighted by atomic mass is 10.1. The van der Waals surface area contributed by atoms with Crippen molar-refractivity contribution in [3.05, 3.63) is 18.0 Å². The van der Waals surface area contributed by atoms with Gasteiger partial charge in [0.2, 0.25) is 0 Å².